The van der Waals surface area contributed by atoms with E-state index in [1.54, 1.807) is 14.2 Å². The molecular formula is C27H42O3. The zero-order valence-corrected chi connectivity index (χ0v) is 20.2. The molecule has 4 rings (SSSR count). The number of allylic oxidation sites excluding steroid dienone is 1. The Bertz CT molecular complexity index is 749. The first-order valence-electron chi connectivity index (χ1n) is 11.8. The molecule has 1 aromatic carbocycles. The average Bonchev–Trinajstić information content (AvgIpc) is 2.74. The van der Waals surface area contributed by atoms with E-state index in [9.17, 15) is 5.11 Å². The van der Waals surface area contributed by atoms with E-state index in [4.69, 9.17) is 9.47 Å². The van der Waals surface area contributed by atoms with Gasteiger partial charge in [-0.05, 0) is 58.8 Å². The molecule has 3 nitrogen and oxygen atoms in total. The van der Waals surface area contributed by atoms with Gasteiger partial charge < -0.3 is 14.6 Å². The second-order valence-electron chi connectivity index (χ2n) is 10.6. The first-order valence-corrected chi connectivity index (χ1v) is 11.8. The number of aliphatic hydroxyl groups excluding tert-OH is 1. The third-order valence-electron chi connectivity index (χ3n) is 8.11. The number of rotatable bonds is 10. The molecule has 1 saturated carbocycles. The molecule has 1 fully saturated rings. The minimum atomic E-state index is 0.0757. The molecule has 0 aliphatic heterocycles. The molecule has 3 atom stereocenters. The maximum Gasteiger partial charge on any atom is 0.126 e. The number of methoxy groups -OCH3 is 2. The van der Waals surface area contributed by atoms with Crippen LogP contribution in [0.25, 0.3) is 0 Å². The molecule has 0 amide bonds. The van der Waals surface area contributed by atoms with Crippen LogP contribution in [0.1, 0.15) is 90.2 Å². The van der Waals surface area contributed by atoms with Gasteiger partial charge in [0.25, 0.3) is 0 Å². The second-order valence-corrected chi connectivity index (χ2v) is 10.6. The van der Waals surface area contributed by atoms with Gasteiger partial charge in [-0.15, -0.1) is 0 Å². The number of ether oxygens (including phenoxy) is 2. The van der Waals surface area contributed by atoms with Crippen LogP contribution in [0.5, 0.6) is 11.5 Å². The van der Waals surface area contributed by atoms with E-state index in [2.05, 4.69) is 52.8 Å². The number of hydrogen-bond donors (Lipinski definition) is 1. The van der Waals surface area contributed by atoms with Crippen LogP contribution in [0.2, 0.25) is 0 Å². The van der Waals surface area contributed by atoms with Crippen molar-refractivity contribution in [3.8, 4) is 11.5 Å². The van der Waals surface area contributed by atoms with E-state index in [0.717, 1.165) is 29.9 Å². The van der Waals surface area contributed by atoms with Crippen LogP contribution in [-0.2, 0) is 5.41 Å². The third-order valence-corrected chi connectivity index (χ3v) is 8.11. The Morgan fingerprint density at radius 3 is 2.20 bits per heavy atom. The Kier molecular flexibility index (Phi) is 6.91. The molecule has 3 aliphatic rings. The van der Waals surface area contributed by atoms with Gasteiger partial charge in [0.1, 0.15) is 11.5 Å². The predicted octanol–water partition coefficient (Wildman–Crippen LogP) is 6.63. The molecular weight excluding hydrogens is 372 g/mol. The second kappa shape index (κ2) is 8.94. The van der Waals surface area contributed by atoms with Gasteiger partial charge in [0.2, 0.25) is 0 Å². The molecule has 0 saturated heterocycles. The van der Waals surface area contributed by atoms with E-state index in [1.807, 2.05) is 0 Å². The Hall–Kier alpha value is -1.48. The molecule has 1 unspecified atom stereocenters. The minimum absolute atomic E-state index is 0.0757. The maximum atomic E-state index is 9.98. The predicted molar refractivity (Wildman–Crippen MR) is 125 cm³/mol. The molecule has 0 spiro atoms. The number of fused-ring (bicyclic) bond motifs is 1. The van der Waals surface area contributed by atoms with Gasteiger partial charge in [-0.2, -0.15) is 0 Å². The minimum Gasteiger partial charge on any atom is -0.496 e. The Morgan fingerprint density at radius 1 is 1.07 bits per heavy atom. The SMILES string of the molecule is CCCCCCC(C)(C)c1cc(OC)c(C2C=C(CO)[C@@H]3C[C@H]2C3(C)C)c(OC)c1. The standard InChI is InChI=1S/C27H42O3/c1-8-9-10-11-12-26(2,3)19-14-23(29-6)25(24(15-19)30-7)20-13-18(17-28)21-16-22(20)27(21,4)5/h13-15,20-22,28H,8-12,16-17H2,1-7H3/t20?,21-,22+/m0/s1. The van der Waals surface area contributed by atoms with E-state index in [0.29, 0.717) is 11.8 Å². The Labute approximate surface area is 183 Å². The highest BCUT2D eigenvalue weighted by Crippen LogP contribution is 2.65. The van der Waals surface area contributed by atoms with E-state index >= 15 is 0 Å². The molecule has 2 bridgehead atoms. The van der Waals surface area contributed by atoms with Crippen molar-refractivity contribution in [3.63, 3.8) is 0 Å². The fourth-order valence-electron chi connectivity index (χ4n) is 5.90. The largest absolute Gasteiger partial charge is 0.496 e. The molecule has 3 heteroatoms. The molecule has 0 aromatic heterocycles. The fourth-order valence-corrected chi connectivity index (χ4v) is 5.90. The zero-order valence-electron chi connectivity index (χ0n) is 20.2. The van der Waals surface area contributed by atoms with Gasteiger partial charge in [-0.25, -0.2) is 0 Å². The molecule has 3 aliphatic carbocycles. The topological polar surface area (TPSA) is 38.7 Å². The smallest absolute Gasteiger partial charge is 0.126 e. The summed E-state index contributed by atoms with van der Waals surface area (Å²) in [6.45, 7) is 11.7. The lowest BCUT2D eigenvalue weighted by Crippen LogP contribution is -2.51. The van der Waals surface area contributed by atoms with Crippen LogP contribution < -0.4 is 9.47 Å². The highest BCUT2D eigenvalue weighted by molar-refractivity contribution is 5.55. The summed E-state index contributed by atoms with van der Waals surface area (Å²) in [4.78, 5) is 0. The normalized spacial score (nSPS) is 24.8. The number of hydrogen-bond acceptors (Lipinski definition) is 3. The van der Waals surface area contributed by atoms with Crippen LogP contribution in [0.15, 0.2) is 23.8 Å². The lowest BCUT2D eigenvalue weighted by atomic mass is 9.45. The van der Waals surface area contributed by atoms with Gasteiger partial charge in [0.05, 0.1) is 20.8 Å². The summed E-state index contributed by atoms with van der Waals surface area (Å²) in [5.74, 6) is 3.12. The lowest BCUT2D eigenvalue weighted by molar-refractivity contribution is -0.0260. The highest BCUT2D eigenvalue weighted by atomic mass is 16.5. The van der Waals surface area contributed by atoms with Gasteiger partial charge in [0, 0.05) is 11.5 Å². The van der Waals surface area contributed by atoms with Crippen molar-refractivity contribution in [1.82, 2.24) is 0 Å². The number of unbranched alkanes of at least 4 members (excludes halogenated alkanes) is 3. The van der Waals surface area contributed by atoms with Gasteiger partial charge >= 0.3 is 0 Å². The maximum absolute atomic E-state index is 9.98. The molecule has 1 N–H and O–H groups in total. The van der Waals surface area contributed by atoms with Crippen LogP contribution >= 0.6 is 0 Å². The molecule has 1 aromatic rings. The van der Waals surface area contributed by atoms with Crippen molar-refractivity contribution in [1.29, 1.82) is 0 Å². The van der Waals surface area contributed by atoms with Crippen molar-refractivity contribution < 1.29 is 14.6 Å². The van der Waals surface area contributed by atoms with Gasteiger partial charge in [-0.3, -0.25) is 0 Å². The summed E-state index contributed by atoms with van der Waals surface area (Å²) in [7, 11) is 3.54. The summed E-state index contributed by atoms with van der Waals surface area (Å²) in [6, 6.07) is 4.48. The average molecular weight is 415 g/mol. The van der Waals surface area contributed by atoms with Crippen LogP contribution in [-0.4, -0.2) is 25.9 Å². The van der Waals surface area contributed by atoms with Gasteiger partial charge in [-0.1, -0.05) is 66.4 Å². The summed E-state index contributed by atoms with van der Waals surface area (Å²) >= 11 is 0. The monoisotopic (exact) mass is 414 g/mol. The summed E-state index contributed by atoms with van der Waals surface area (Å²) in [6.07, 6.45) is 9.70. The molecule has 0 heterocycles. The van der Waals surface area contributed by atoms with E-state index in [1.165, 1.54) is 36.8 Å². The van der Waals surface area contributed by atoms with E-state index in [-0.39, 0.29) is 23.4 Å². The highest BCUT2D eigenvalue weighted by Gasteiger charge is 2.56. The quantitative estimate of drug-likeness (QED) is 0.345. The Morgan fingerprint density at radius 2 is 1.70 bits per heavy atom. The van der Waals surface area contributed by atoms with Crippen molar-refractivity contribution in [2.24, 2.45) is 17.3 Å². The zero-order chi connectivity index (χ0) is 22.1. The van der Waals surface area contributed by atoms with Crippen LogP contribution in [0, 0.1) is 17.3 Å². The van der Waals surface area contributed by atoms with E-state index < -0.39 is 0 Å². The third kappa shape index (κ3) is 4.02. The molecule has 0 radical (unpaired) electrons. The van der Waals surface area contributed by atoms with Crippen molar-refractivity contribution in [2.45, 2.75) is 84.5 Å². The van der Waals surface area contributed by atoms with Crippen LogP contribution in [0.3, 0.4) is 0 Å². The first-order chi connectivity index (χ1) is 14.2. The summed E-state index contributed by atoms with van der Waals surface area (Å²) in [5, 5.41) is 9.98. The Balaban J connectivity index is 1.99. The van der Waals surface area contributed by atoms with Gasteiger partial charge in [0.15, 0.2) is 0 Å². The molecule has 30 heavy (non-hydrogen) atoms. The van der Waals surface area contributed by atoms with Crippen molar-refractivity contribution in [3.05, 3.63) is 34.9 Å². The first kappa shape index (κ1) is 23.2. The fraction of sp³-hybridized carbons (Fsp3) is 0.704. The summed E-state index contributed by atoms with van der Waals surface area (Å²) < 4.78 is 11.9. The number of aliphatic hydroxyl groups is 1. The van der Waals surface area contributed by atoms with Crippen molar-refractivity contribution >= 4 is 0 Å². The summed E-state index contributed by atoms with van der Waals surface area (Å²) in [5.41, 5.74) is 3.88. The lowest BCUT2D eigenvalue weighted by Gasteiger charge is -2.59. The van der Waals surface area contributed by atoms with Crippen LogP contribution in [0.4, 0.5) is 0 Å². The molecule has 168 valence electrons. The number of benzene rings is 1. The van der Waals surface area contributed by atoms with Crippen molar-refractivity contribution in [2.75, 3.05) is 20.8 Å².